The average Bonchev–Trinajstić information content (AvgIpc) is 3.11. The van der Waals surface area contributed by atoms with Crippen molar-refractivity contribution >= 4 is 17.4 Å². The number of hydrogen-bond donors (Lipinski definition) is 1. The fourth-order valence-corrected chi connectivity index (χ4v) is 3.37. The highest BCUT2D eigenvalue weighted by atomic mass is 19.1. The largest absolute Gasteiger partial charge is 0.370 e. The molecule has 7 heteroatoms. The lowest BCUT2D eigenvalue weighted by atomic mass is 10.0. The Morgan fingerprint density at radius 3 is 2.50 bits per heavy atom. The van der Waals surface area contributed by atoms with Crippen molar-refractivity contribution in [3.63, 3.8) is 0 Å². The molecule has 2 aliphatic rings. The number of carbonyl (C=O) groups is 1. The highest BCUT2D eigenvalue weighted by molar-refractivity contribution is 6.03. The number of benzene rings is 1. The Morgan fingerprint density at radius 2 is 1.85 bits per heavy atom. The molecule has 6 nitrogen and oxygen atoms in total. The smallest absolute Gasteiger partial charge is 0.259 e. The summed E-state index contributed by atoms with van der Waals surface area (Å²) in [6, 6.07) is 9.49. The number of rotatable bonds is 3. The van der Waals surface area contributed by atoms with Gasteiger partial charge in [-0.15, -0.1) is 0 Å². The molecule has 0 atom stereocenters. The lowest BCUT2D eigenvalue weighted by Crippen LogP contribution is -2.45. The summed E-state index contributed by atoms with van der Waals surface area (Å²) in [6.45, 7) is 2.97. The number of aromatic nitrogens is 1. The molecule has 2 aliphatic heterocycles. The second kappa shape index (κ2) is 7.01. The van der Waals surface area contributed by atoms with Crippen LogP contribution in [0, 0.1) is 5.82 Å². The molecule has 1 aromatic carbocycles. The first kappa shape index (κ1) is 16.9. The van der Waals surface area contributed by atoms with Gasteiger partial charge in [0.05, 0.1) is 30.7 Å². The fourth-order valence-electron chi connectivity index (χ4n) is 3.37. The average molecular weight is 357 g/mol. The zero-order valence-corrected chi connectivity index (χ0v) is 14.3. The van der Waals surface area contributed by atoms with Crippen LogP contribution in [0.3, 0.4) is 0 Å². The summed E-state index contributed by atoms with van der Waals surface area (Å²) in [4.78, 5) is 18.6. The number of halogens is 1. The van der Waals surface area contributed by atoms with Crippen molar-refractivity contribution in [2.24, 2.45) is 0 Å². The van der Waals surface area contributed by atoms with E-state index >= 15 is 0 Å². The van der Waals surface area contributed by atoms with Crippen molar-refractivity contribution < 1.29 is 18.7 Å². The monoisotopic (exact) mass is 357 g/mol. The van der Waals surface area contributed by atoms with Crippen LogP contribution in [0.5, 0.6) is 0 Å². The summed E-state index contributed by atoms with van der Waals surface area (Å²) in [5.41, 5.74) is 0.970. The van der Waals surface area contributed by atoms with Crippen LogP contribution in [-0.2, 0) is 9.47 Å². The zero-order valence-electron chi connectivity index (χ0n) is 14.3. The molecule has 1 spiro atoms. The lowest BCUT2D eigenvalue weighted by molar-refractivity contribution is -0.169. The molecule has 26 heavy (non-hydrogen) atoms. The molecule has 2 fully saturated rings. The maximum atomic E-state index is 13.7. The summed E-state index contributed by atoms with van der Waals surface area (Å²) in [6.07, 6.45) is 3.35. The van der Waals surface area contributed by atoms with Gasteiger partial charge in [-0.25, -0.2) is 9.37 Å². The van der Waals surface area contributed by atoms with Gasteiger partial charge in [0, 0.05) is 25.9 Å². The van der Waals surface area contributed by atoms with Crippen molar-refractivity contribution in [2.45, 2.75) is 18.6 Å². The maximum Gasteiger partial charge on any atom is 0.259 e. The van der Waals surface area contributed by atoms with Crippen molar-refractivity contribution in [1.29, 1.82) is 0 Å². The van der Waals surface area contributed by atoms with Gasteiger partial charge in [0.1, 0.15) is 11.6 Å². The number of amides is 1. The highest BCUT2D eigenvalue weighted by Crippen LogP contribution is 2.33. The lowest BCUT2D eigenvalue weighted by Gasteiger charge is -2.38. The fraction of sp³-hybridized carbons (Fsp3) is 0.368. The number of nitrogens with one attached hydrogen (secondary N) is 1. The third-order valence-corrected chi connectivity index (χ3v) is 4.81. The van der Waals surface area contributed by atoms with Gasteiger partial charge in [-0.3, -0.25) is 4.79 Å². The molecule has 0 unspecified atom stereocenters. The van der Waals surface area contributed by atoms with E-state index in [1.807, 2.05) is 6.07 Å². The summed E-state index contributed by atoms with van der Waals surface area (Å²) < 4.78 is 25.1. The van der Waals surface area contributed by atoms with Gasteiger partial charge in [0.25, 0.3) is 5.91 Å². The number of piperidine rings is 1. The van der Waals surface area contributed by atoms with E-state index in [1.54, 1.807) is 24.4 Å². The van der Waals surface area contributed by atoms with E-state index in [-0.39, 0.29) is 5.56 Å². The second-order valence-corrected chi connectivity index (χ2v) is 6.43. The van der Waals surface area contributed by atoms with E-state index in [4.69, 9.17) is 9.47 Å². The predicted octanol–water partition coefficient (Wildman–Crippen LogP) is 2.82. The van der Waals surface area contributed by atoms with Crippen LogP contribution < -0.4 is 10.2 Å². The van der Waals surface area contributed by atoms with Crippen LogP contribution in [0.15, 0.2) is 42.6 Å². The van der Waals surface area contributed by atoms with Crippen LogP contribution in [0.2, 0.25) is 0 Å². The Bertz CT molecular complexity index is 781. The molecule has 3 heterocycles. The number of carbonyl (C=O) groups excluding carboxylic acids is 1. The van der Waals surface area contributed by atoms with Crippen LogP contribution in [0.1, 0.15) is 23.2 Å². The van der Waals surface area contributed by atoms with Gasteiger partial charge in [-0.2, -0.15) is 0 Å². The maximum absolute atomic E-state index is 13.7. The van der Waals surface area contributed by atoms with Crippen LogP contribution in [-0.4, -0.2) is 43.0 Å². The minimum absolute atomic E-state index is 0.00345. The number of anilines is 2. The molecule has 0 saturated carbocycles. The minimum Gasteiger partial charge on any atom is -0.370 e. The van der Waals surface area contributed by atoms with E-state index in [9.17, 15) is 9.18 Å². The topological polar surface area (TPSA) is 63.7 Å². The van der Waals surface area contributed by atoms with Crippen molar-refractivity contribution in [3.8, 4) is 0 Å². The first-order valence-electron chi connectivity index (χ1n) is 8.70. The molecule has 0 aliphatic carbocycles. The molecule has 2 aromatic rings. The molecule has 1 aromatic heterocycles. The third kappa shape index (κ3) is 3.40. The van der Waals surface area contributed by atoms with E-state index in [2.05, 4.69) is 15.2 Å². The molecule has 136 valence electrons. The Morgan fingerprint density at radius 1 is 1.12 bits per heavy atom. The summed E-state index contributed by atoms with van der Waals surface area (Å²) in [5, 5.41) is 2.62. The van der Waals surface area contributed by atoms with Crippen LogP contribution >= 0.6 is 0 Å². The van der Waals surface area contributed by atoms with Crippen molar-refractivity contribution in [1.82, 2.24) is 4.98 Å². The van der Waals surface area contributed by atoms with Crippen LogP contribution in [0.4, 0.5) is 15.9 Å². The normalized spacial score (nSPS) is 18.9. The Balaban J connectivity index is 1.38. The van der Waals surface area contributed by atoms with Crippen LogP contribution in [0.25, 0.3) is 0 Å². The van der Waals surface area contributed by atoms with E-state index in [0.29, 0.717) is 19.0 Å². The molecule has 0 bridgehead atoms. The molecule has 1 N–H and O–H groups in total. The molecular weight excluding hydrogens is 337 g/mol. The molecule has 1 amide bonds. The van der Waals surface area contributed by atoms with E-state index < -0.39 is 17.5 Å². The molecule has 4 rings (SSSR count). The molecule has 0 radical (unpaired) electrons. The number of pyridine rings is 1. The zero-order chi connectivity index (χ0) is 18.0. The second-order valence-electron chi connectivity index (χ2n) is 6.43. The highest BCUT2D eigenvalue weighted by Gasteiger charge is 2.39. The quantitative estimate of drug-likeness (QED) is 0.915. The first-order chi connectivity index (χ1) is 12.7. The van der Waals surface area contributed by atoms with Crippen molar-refractivity contribution in [3.05, 3.63) is 54.0 Å². The van der Waals surface area contributed by atoms with Gasteiger partial charge in [-0.05, 0) is 24.3 Å². The van der Waals surface area contributed by atoms with E-state index in [1.165, 1.54) is 12.1 Å². The van der Waals surface area contributed by atoms with Gasteiger partial charge in [0.2, 0.25) is 0 Å². The Labute approximate surface area is 150 Å². The predicted molar refractivity (Wildman–Crippen MR) is 94.7 cm³/mol. The van der Waals surface area contributed by atoms with E-state index in [0.717, 1.165) is 31.6 Å². The number of hydrogen-bond acceptors (Lipinski definition) is 5. The Kier molecular flexibility index (Phi) is 4.57. The third-order valence-electron chi connectivity index (χ3n) is 4.81. The molecular formula is C19H20FN3O3. The Hall–Kier alpha value is -2.51. The van der Waals surface area contributed by atoms with Gasteiger partial charge in [-0.1, -0.05) is 12.1 Å². The van der Waals surface area contributed by atoms with Crippen molar-refractivity contribution in [2.75, 3.05) is 36.5 Å². The van der Waals surface area contributed by atoms with Gasteiger partial charge < -0.3 is 19.7 Å². The minimum atomic E-state index is -0.555. The standard InChI is InChI=1S/C19H20FN3O3/c20-16-4-2-1-3-15(16)18(24)22-17-6-5-14(13-21-17)23-9-7-19(8-10-23)25-11-12-26-19/h1-6,13H,7-12H2,(H,21,22,24). The summed E-state index contributed by atoms with van der Waals surface area (Å²) >= 11 is 0. The van der Waals surface area contributed by atoms with Gasteiger partial charge >= 0.3 is 0 Å². The number of nitrogens with zero attached hydrogens (tertiary/aromatic N) is 2. The first-order valence-corrected chi connectivity index (χ1v) is 8.70. The molecule has 2 saturated heterocycles. The summed E-state index contributed by atoms with van der Waals surface area (Å²) in [7, 11) is 0. The summed E-state index contributed by atoms with van der Waals surface area (Å²) in [5.74, 6) is -1.09. The SMILES string of the molecule is O=C(Nc1ccc(N2CCC3(CC2)OCCO3)cn1)c1ccccc1F. The van der Waals surface area contributed by atoms with Gasteiger partial charge in [0.15, 0.2) is 5.79 Å². The number of ether oxygens (including phenoxy) is 2.